The standard InChI is InChI=1S/C15H24N2O3.ClH/c1-5-9-15(3,16)14(18)17-11-7-8-12(20-6-2)13(10-11)19-4;/h7-8,10H,5-6,9,16H2,1-4H3,(H,17,18);1H. The lowest BCUT2D eigenvalue weighted by atomic mass is 9.96. The topological polar surface area (TPSA) is 73.6 Å². The Balaban J connectivity index is 0.00000400. The van der Waals surface area contributed by atoms with Gasteiger partial charge in [-0.15, -0.1) is 12.4 Å². The molecule has 6 heteroatoms. The van der Waals surface area contributed by atoms with Crippen molar-refractivity contribution in [2.75, 3.05) is 19.0 Å². The number of anilines is 1. The van der Waals surface area contributed by atoms with Crippen molar-refractivity contribution in [2.45, 2.75) is 39.2 Å². The molecule has 5 nitrogen and oxygen atoms in total. The first-order valence-corrected chi connectivity index (χ1v) is 6.85. The second kappa shape index (κ2) is 8.74. The Hall–Kier alpha value is -1.46. The molecule has 0 saturated heterocycles. The predicted molar refractivity (Wildman–Crippen MR) is 87.5 cm³/mol. The molecule has 3 N–H and O–H groups in total. The minimum absolute atomic E-state index is 0. The van der Waals surface area contributed by atoms with Gasteiger partial charge in [-0.05, 0) is 32.4 Å². The van der Waals surface area contributed by atoms with Crippen molar-refractivity contribution in [3.05, 3.63) is 18.2 Å². The number of hydrogen-bond donors (Lipinski definition) is 2. The fourth-order valence-corrected chi connectivity index (χ4v) is 1.93. The van der Waals surface area contributed by atoms with Gasteiger partial charge < -0.3 is 20.5 Å². The number of nitrogens with one attached hydrogen (secondary N) is 1. The van der Waals surface area contributed by atoms with E-state index in [-0.39, 0.29) is 18.3 Å². The van der Waals surface area contributed by atoms with E-state index in [9.17, 15) is 4.79 Å². The maximum Gasteiger partial charge on any atom is 0.244 e. The van der Waals surface area contributed by atoms with Gasteiger partial charge in [0.1, 0.15) is 0 Å². The van der Waals surface area contributed by atoms with Crippen LogP contribution in [0.4, 0.5) is 5.69 Å². The number of carbonyl (C=O) groups is 1. The van der Waals surface area contributed by atoms with Gasteiger partial charge in [-0.25, -0.2) is 0 Å². The normalized spacial score (nSPS) is 12.8. The largest absolute Gasteiger partial charge is 0.493 e. The van der Waals surface area contributed by atoms with Crippen molar-refractivity contribution in [2.24, 2.45) is 5.73 Å². The highest BCUT2D eigenvalue weighted by atomic mass is 35.5. The second-order valence-electron chi connectivity index (χ2n) is 4.92. The number of methoxy groups -OCH3 is 1. The molecule has 0 aromatic heterocycles. The Labute approximate surface area is 132 Å². The molecule has 0 heterocycles. The summed E-state index contributed by atoms with van der Waals surface area (Å²) in [4.78, 5) is 12.1. The van der Waals surface area contributed by atoms with Crippen LogP contribution in [-0.4, -0.2) is 25.2 Å². The average Bonchev–Trinajstić information content (AvgIpc) is 2.40. The summed E-state index contributed by atoms with van der Waals surface area (Å²) >= 11 is 0. The van der Waals surface area contributed by atoms with Crippen molar-refractivity contribution in [1.29, 1.82) is 0 Å². The first kappa shape index (κ1) is 19.5. The van der Waals surface area contributed by atoms with Crippen LogP contribution in [0.15, 0.2) is 18.2 Å². The first-order chi connectivity index (χ1) is 9.44. The molecule has 1 atom stereocenters. The number of benzene rings is 1. The number of rotatable bonds is 7. The van der Waals surface area contributed by atoms with Gasteiger partial charge >= 0.3 is 0 Å². The molecule has 1 amide bonds. The van der Waals surface area contributed by atoms with Crippen molar-refractivity contribution < 1.29 is 14.3 Å². The number of hydrogen-bond acceptors (Lipinski definition) is 4. The fraction of sp³-hybridized carbons (Fsp3) is 0.533. The molecular weight excluding hydrogens is 292 g/mol. The molecule has 0 aliphatic carbocycles. The lowest BCUT2D eigenvalue weighted by molar-refractivity contribution is -0.120. The van der Waals surface area contributed by atoms with Crippen LogP contribution in [0.2, 0.25) is 0 Å². The van der Waals surface area contributed by atoms with E-state index in [1.165, 1.54) is 0 Å². The Morgan fingerprint density at radius 2 is 2.00 bits per heavy atom. The highest BCUT2D eigenvalue weighted by Crippen LogP contribution is 2.30. The minimum atomic E-state index is -0.874. The molecule has 1 rings (SSSR count). The molecule has 0 bridgehead atoms. The molecule has 0 radical (unpaired) electrons. The van der Waals surface area contributed by atoms with E-state index in [4.69, 9.17) is 15.2 Å². The summed E-state index contributed by atoms with van der Waals surface area (Å²) < 4.78 is 10.7. The van der Waals surface area contributed by atoms with Gasteiger partial charge in [-0.1, -0.05) is 13.3 Å². The average molecular weight is 317 g/mol. The van der Waals surface area contributed by atoms with Gasteiger partial charge in [-0.2, -0.15) is 0 Å². The Bertz CT molecular complexity index is 464. The van der Waals surface area contributed by atoms with Crippen LogP contribution in [0, 0.1) is 0 Å². The van der Waals surface area contributed by atoms with E-state index < -0.39 is 5.54 Å². The third kappa shape index (κ3) is 5.44. The smallest absolute Gasteiger partial charge is 0.244 e. The first-order valence-electron chi connectivity index (χ1n) is 6.85. The molecule has 1 aromatic rings. The number of amides is 1. The number of carbonyl (C=O) groups excluding carboxylic acids is 1. The predicted octanol–water partition coefficient (Wildman–Crippen LogP) is 2.97. The van der Waals surface area contributed by atoms with Gasteiger partial charge in [0, 0.05) is 11.8 Å². The SMILES string of the molecule is CCCC(C)(N)C(=O)Nc1ccc(OCC)c(OC)c1.Cl. The van der Waals surface area contributed by atoms with E-state index in [0.29, 0.717) is 30.2 Å². The van der Waals surface area contributed by atoms with Crippen LogP contribution in [0.3, 0.4) is 0 Å². The molecule has 0 aliphatic rings. The number of halogens is 1. The van der Waals surface area contributed by atoms with Crippen LogP contribution in [0.1, 0.15) is 33.6 Å². The number of nitrogens with two attached hydrogens (primary N) is 1. The lowest BCUT2D eigenvalue weighted by Gasteiger charge is -2.23. The molecule has 21 heavy (non-hydrogen) atoms. The Kier molecular flexibility index (Phi) is 8.14. The summed E-state index contributed by atoms with van der Waals surface area (Å²) in [7, 11) is 1.56. The van der Waals surface area contributed by atoms with E-state index >= 15 is 0 Å². The monoisotopic (exact) mass is 316 g/mol. The van der Waals surface area contributed by atoms with E-state index in [0.717, 1.165) is 6.42 Å². The van der Waals surface area contributed by atoms with E-state index in [1.54, 1.807) is 32.2 Å². The lowest BCUT2D eigenvalue weighted by Crippen LogP contribution is -2.48. The Morgan fingerprint density at radius 1 is 1.33 bits per heavy atom. The second-order valence-corrected chi connectivity index (χ2v) is 4.92. The van der Waals surface area contributed by atoms with Gasteiger partial charge in [0.05, 0.1) is 19.3 Å². The summed E-state index contributed by atoms with van der Waals surface area (Å²) in [6, 6.07) is 5.27. The molecule has 0 fully saturated rings. The van der Waals surface area contributed by atoms with Crippen molar-refractivity contribution in [3.8, 4) is 11.5 Å². The molecule has 0 saturated carbocycles. The summed E-state index contributed by atoms with van der Waals surface area (Å²) in [6.45, 7) is 6.19. The van der Waals surface area contributed by atoms with Gasteiger partial charge in [0.2, 0.25) is 5.91 Å². The fourth-order valence-electron chi connectivity index (χ4n) is 1.93. The number of ether oxygens (including phenoxy) is 2. The summed E-state index contributed by atoms with van der Waals surface area (Å²) in [5.41, 5.74) is 5.77. The maximum atomic E-state index is 12.1. The minimum Gasteiger partial charge on any atom is -0.493 e. The molecule has 1 unspecified atom stereocenters. The van der Waals surface area contributed by atoms with Gasteiger partial charge in [-0.3, -0.25) is 4.79 Å². The van der Waals surface area contributed by atoms with Crippen molar-refractivity contribution in [3.63, 3.8) is 0 Å². The third-order valence-electron chi connectivity index (χ3n) is 3.01. The zero-order chi connectivity index (χ0) is 15.2. The summed E-state index contributed by atoms with van der Waals surface area (Å²) in [5.74, 6) is 1.03. The van der Waals surface area contributed by atoms with E-state index in [2.05, 4.69) is 5.32 Å². The zero-order valence-corrected chi connectivity index (χ0v) is 13.9. The maximum absolute atomic E-state index is 12.1. The third-order valence-corrected chi connectivity index (χ3v) is 3.01. The highest BCUT2D eigenvalue weighted by molar-refractivity contribution is 5.97. The van der Waals surface area contributed by atoms with Crippen LogP contribution >= 0.6 is 12.4 Å². The van der Waals surface area contributed by atoms with Crippen LogP contribution in [0.5, 0.6) is 11.5 Å². The van der Waals surface area contributed by atoms with Gasteiger partial charge in [0.25, 0.3) is 0 Å². The molecule has 0 aliphatic heterocycles. The van der Waals surface area contributed by atoms with Gasteiger partial charge in [0.15, 0.2) is 11.5 Å². The molecule has 0 spiro atoms. The highest BCUT2D eigenvalue weighted by Gasteiger charge is 2.27. The molecular formula is C15H25ClN2O3. The summed E-state index contributed by atoms with van der Waals surface area (Å²) in [6.07, 6.45) is 1.49. The quantitative estimate of drug-likeness (QED) is 0.811. The Morgan fingerprint density at radius 3 is 2.52 bits per heavy atom. The van der Waals surface area contributed by atoms with Crippen molar-refractivity contribution >= 4 is 24.0 Å². The van der Waals surface area contributed by atoms with Crippen LogP contribution < -0.4 is 20.5 Å². The van der Waals surface area contributed by atoms with E-state index in [1.807, 2.05) is 13.8 Å². The van der Waals surface area contributed by atoms with Crippen molar-refractivity contribution in [1.82, 2.24) is 0 Å². The van der Waals surface area contributed by atoms with Crippen LogP contribution in [0.25, 0.3) is 0 Å². The molecule has 1 aromatic carbocycles. The molecule has 120 valence electrons. The zero-order valence-electron chi connectivity index (χ0n) is 13.1. The van der Waals surface area contributed by atoms with Crippen LogP contribution in [-0.2, 0) is 4.79 Å². The summed E-state index contributed by atoms with van der Waals surface area (Å²) in [5, 5.41) is 2.81.